The summed E-state index contributed by atoms with van der Waals surface area (Å²) in [4.78, 5) is 62.8. The average Bonchev–Trinajstić information content (AvgIpc) is 3.57. The van der Waals surface area contributed by atoms with Crippen LogP contribution in [0.15, 0.2) is 127 Å². The first-order valence-electron chi connectivity index (χ1n) is 14.6. The van der Waals surface area contributed by atoms with Crippen LogP contribution >= 0.6 is 45.2 Å². The fourth-order valence-corrected chi connectivity index (χ4v) is 8.72. The van der Waals surface area contributed by atoms with Crippen LogP contribution in [-0.2, 0) is 0 Å². The van der Waals surface area contributed by atoms with E-state index < -0.39 is 34.5 Å². The summed E-state index contributed by atoms with van der Waals surface area (Å²) < 4.78 is 1.93. The summed E-state index contributed by atoms with van der Waals surface area (Å²) in [7, 11) is 0. The maximum Gasteiger partial charge on any atom is 0.197 e. The van der Waals surface area contributed by atoms with Crippen molar-refractivity contribution in [3.05, 3.63) is 168 Å². The van der Waals surface area contributed by atoms with Gasteiger partial charge in [-0.2, -0.15) is 0 Å². The quantitative estimate of drug-likeness (QED) is 0.136. The van der Waals surface area contributed by atoms with E-state index in [2.05, 4.69) is 45.2 Å². The van der Waals surface area contributed by atoms with Crippen molar-refractivity contribution in [1.29, 1.82) is 0 Å². The summed E-state index contributed by atoms with van der Waals surface area (Å²) in [6.45, 7) is 0. The number of hydrogen-bond acceptors (Lipinski definition) is 5. The van der Waals surface area contributed by atoms with Crippen LogP contribution in [0.3, 0.4) is 0 Å². The third-order valence-corrected chi connectivity index (χ3v) is 11.1. The lowest BCUT2D eigenvalue weighted by Crippen LogP contribution is -2.57. The largest absolute Gasteiger partial charge is 0.343 e. The molecule has 45 heavy (non-hydrogen) atoms. The van der Waals surface area contributed by atoms with Crippen LogP contribution in [-0.4, -0.2) is 28.7 Å². The number of Topliss-reactive ketones (excluding diaryl/α,β-unsaturated/α-hetero) is 4. The summed E-state index contributed by atoms with van der Waals surface area (Å²) >= 11 is 4.43. The highest BCUT2D eigenvalue weighted by Crippen LogP contribution is 2.69. The fourth-order valence-electron chi connectivity index (χ4n) is 8.00. The monoisotopic (exact) mass is 811 g/mol. The van der Waals surface area contributed by atoms with E-state index in [1.54, 1.807) is 48.5 Å². The number of carbonyl (C=O) groups is 4. The van der Waals surface area contributed by atoms with Crippen molar-refractivity contribution in [3.8, 4) is 0 Å². The summed E-state index contributed by atoms with van der Waals surface area (Å²) in [5.74, 6) is -2.68. The second-order valence-electron chi connectivity index (χ2n) is 11.7. The Morgan fingerprint density at radius 3 is 1.33 bits per heavy atom. The molecule has 218 valence electrons. The molecular weight excluding hydrogens is 788 g/mol. The minimum absolute atomic E-state index is 0.299. The molecule has 1 heterocycles. The summed E-state index contributed by atoms with van der Waals surface area (Å²) in [6.07, 6.45) is 0. The minimum Gasteiger partial charge on any atom is -0.343 e. The Balaban J connectivity index is 1.58. The Kier molecular flexibility index (Phi) is 6.51. The molecule has 2 spiro atoms. The topological polar surface area (TPSA) is 71.5 Å². The maximum atomic E-state index is 15.3. The number of para-hydroxylation sites is 1. The SMILES string of the molecule is O=C1c2ccccc2C(=O)C12C(c1ccc(I)cc1)N(c1ccccc1)C1(C(=O)c3ccccc3C1=O)C2c1ccc(I)cc1. The fraction of sp³-hybridized carbons (Fsp3) is 0.105. The zero-order chi connectivity index (χ0) is 31.1. The zero-order valence-corrected chi connectivity index (χ0v) is 27.9. The van der Waals surface area contributed by atoms with Crippen LogP contribution < -0.4 is 4.90 Å². The molecule has 0 radical (unpaired) electrons. The van der Waals surface area contributed by atoms with E-state index in [-0.39, 0.29) is 11.6 Å². The van der Waals surface area contributed by atoms with E-state index >= 15 is 19.2 Å². The summed E-state index contributed by atoms with van der Waals surface area (Å²) in [6, 6.07) is 37.2. The molecule has 2 unspecified atom stereocenters. The summed E-state index contributed by atoms with van der Waals surface area (Å²) in [5.41, 5.74) is -0.667. The maximum absolute atomic E-state index is 15.3. The molecule has 5 nitrogen and oxygen atoms in total. The molecule has 8 rings (SSSR count). The van der Waals surface area contributed by atoms with Crippen LogP contribution in [0.4, 0.5) is 5.69 Å². The number of carbonyl (C=O) groups excluding carboxylic acids is 4. The van der Waals surface area contributed by atoms with Crippen LogP contribution in [0, 0.1) is 12.6 Å². The number of rotatable bonds is 3. The van der Waals surface area contributed by atoms with Gasteiger partial charge >= 0.3 is 0 Å². The van der Waals surface area contributed by atoms with Gasteiger partial charge in [0.15, 0.2) is 28.7 Å². The first-order chi connectivity index (χ1) is 21.8. The van der Waals surface area contributed by atoms with Gasteiger partial charge in [-0.3, -0.25) is 19.2 Å². The van der Waals surface area contributed by atoms with E-state index in [0.29, 0.717) is 39.1 Å². The van der Waals surface area contributed by atoms with Crippen molar-refractivity contribution >= 4 is 74.0 Å². The molecule has 3 aliphatic rings. The Hall–Kier alpha value is -3.96. The highest BCUT2D eigenvalue weighted by molar-refractivity contribution is 14.1. The molecule has 5 aromatic carbocycles. The zero-order valence-electron chi connectivity index (χ0n) is 23.6. The standard InChI is InChI=1S/C38H23I2NO4/c39-24-18-14-22(15-19-24)31-37(33(42)27-10-4-5-11-28(27)34(37)43)32(23-16-20-25(40)21-17-23)41(26-8-2-1-3-9-26)38(31)35(44)29-12-6-7-13-30(29)36(38)45/h1-21,31-32H. The van der Waals surface area contributed by atoms with Gasteiger partial charge in [-0.15, -0.1) is 0 Å². The number of halogens is 2. The third kappa shape index (κ3) is 3.65. The lowest BCUT2D eigenvalue weighted by molar-refractivity contribution is 0.0619. The molecule has 0 amide bonds. The lowest BCUT2D eigenvalue weighted by Gasteiger charge is -2.40. The van der Waals surface area contributed by atoms with E-state index in [4.69, 9.17) is 0 Å². The highest BCUT2D eigenvalue weighted by Gasteiger charge is 2.80. The molecule has 2 aliphatic carbocycles. The van der Waals surface area contributed by atoms with Crippen LogP contribution in [0.2, 0.25) is 0 Å². The van der Waals surface area contributed by atoms with E-state index in [0.717, 1.165) is 7.14 Å². The normalized spacial score (nSPS) is 20.7. The Bertz CT molecular complexity index is 2000. The molecule has 5 aromatic rings. The molecular formula is C38H23I2NO4. The highest BCUT2D eigenvalue weighted by atomic mass is 127. The first-order valence-corrected chi connectivity index (χ1v) is 16.7. The second kappa shape index (κ2) is 10.3. The van der Waals surface area contributed by atoms with E-state index in [9.17, 15) is 0 Å². The van der Waals surface area contributed by atoms with Gasteiger partial charge in [0, 0.05) is 41.0 Å². The molecule has 0 N–H and O–H groups in total. The average molecular weight is 811 g/mol. The summed E-state index contributed by atoms with van der Waals surface area (Å²) in [5, 5.41) is 0. The minimum atomic E-state index is -1.92. The van der Waals surface area contributed by atoms with Crippen molar-refractivity contribution in [1.82, 2.24) is 0 Å². The lowest BCUT2D eigenvalue weighted by atomic mass is 9.60. The van der Waals surface area contributed by atoms with Crippen molar-refractivity contribution in [3.63, 3.8) is 0 Å². The Labute approximate surface area is 286 Å². The van der Waals surface area contributed by atoms with Gasteiger partial charge in [0.05, 0.1) is 6.04 Å². The van der Waals surface area contributed by atoms with Crippen molar-refractivity contribution < 1.29 is 19.2 Å². The predicted octanol–water partition coefficient (Wildman–Crippen LogP) is 8.12. The molecule has 7 heteroatoms. The molecule has 0 bridgehead atoms. The number of hydrogen-bond donors (Lipinski definition) is 0. The molecule has 1 fully saturated rings. The number of anilines is 1. The van der Waals surface area contributed by atoms with E-state index in [1.165, 1.54) is 0 Å². The van der Waals surface area contributed by atoms with Crippen LogP contribution in [0.1, 0.15) is 64.5 Å². The number of ketones is 4. The third-order valence-electron chi connectivity index (χ3n) is 9.64. The Morgan fingerprint density at radius 1 is 0.467 bits per heavy atom. The van der Waals surface area contributed by atoms with Crippen molar-refractivity contribution in [2.24, 2.45) is 5.41 Å². The molecule has 1 aliphatic heterocycles. The van der Waals surface area contributed by atoms with Gasteiger partial charge < -0.3 is 4.90 Å². The van der Waals surface area contributed by atoms with Crippen LogP contribution in [0.5, 0.6) is 0 Å². The number of fused-ring (bicyclic) bond motifs is 2. The number of nitrogens with zero attached hydrogens (tertiary/aromatic N) is 1. The van der Waals surface area contributed by atoms with Gasteiger partial charge in [0.1, 0.15) is 5.41 Å². The Morgan fingerprint density at radius 2 is 0.867 bits per heavy atom. The molecule has 0 saturated carbocycles. The van der Waals surface area contributed by atoms with Gasteiger partial charge in [-0.05, 0) is 92.7 Å². The van der Waals surface area contributed by atoms with Gasteiger partial charge in [-0.25, -0.2) is 0 Å². The van der Waals surface area contributed by atoms with E-state index in [1.807, 2.05) is 83.8 Å². The molecule has 0 aromatic heterocycles. The second-order valence-corrected chi connectivity index (χ2v) is 14.2. The van der Waals surface area contributed by atoms with Gasteiger partial charge in [0.2, 0.25) is 0 Å². The predicted molar refractivity (Wildman–Crippen MR) is 188 cm³/mol. The smallest absolute Gasteiger partial charge is 0.197 e. The molecule has 1 saturated heterocycles. The first kappa shape index (κ1) is 28.5. The van der Waals surface area contributed by atoms with Gasteiger partial charge in [0.25, 0.3) is 0 Å². The van der Waals surface area contributed by atoms with Crippen molar-refractivity contribution in [2.45, 2.75) is 17.5 Å². The van der Waals surface area contributed by atoms with Crippen molar-refractivity contribution in [2.75, 3.05) is 4.90 Å². The number of benzene rings is 5. The molecule has 2 atom stereocenters. The van der Waals surface area contributed by atoms with Crippen LogP contribution in [0.25, 0.3) is 0 Å². The van der Waals surface area contributed by atoms with Gasteiger partial charge in [-0.1, -0.05) is 91.0 Å².